The monoisotopic (exact) mass is 317 g/mol. The smallest absolute Gasteiger partial charge is 0.143 e. The number of nitrogens with zero attached hydrogens (tertiary/aromatic N) is 2. The molecular formula is C19H15N3S. The molecular weight excluding hydrogens is 302 g/mol. The van der Waals surface area contributed by atoms with E-state index in [1.165, 1.54) is 16.7 Å². The Morgan fingerprint density at radius 1 is 0.913 bits per heavy atom. The highest BCUT2D eigenvalue weighted by molar-refractivity contribution is 7.17. The Kier molecular flexibility index (Phi) is 3.52. The first-order valence-electron chi connectivity index (χ1n) is 7.42. The SMILES string of the molecule is Cc1ccc(-c2csc3ncnc(Nc4ccccc4)c23)cc1. The molecule has 0 atom stereocenters. The molecule has 0 bridgehead atoms. The minimum absolute atomic E-state index is 0.845. The molecule has 4 aromatic rings. The van der Waals surface area contributed by atoms with Gasteiger partial charge in [-0.1, -0.05) is 48.0 Å². The second kappa shape index (κ2) is 5.82. The van der Waals surface area contributed by atoms with Gasteiger partial charge in [-0.25, -0.2) is 9.97 Å². The van der Waals surface area contributed by atoms with Crippen LogP contribution in [0.4, 0.5) is 11.5 Å². The van der Waals surface area contributed by atoms with Gasteiger partial charge in [-0.15, -0.1) is 11.3 Å². The minimum Gasteiger partial charge on any atom is -0.340 e. The van der Waals surface area contributed by atoms with Crippen LogP contribution in [0.15, 0.2) is 66.3 Å². The predicted molar refractivity (Wildman–Crippen MR) is 97.3 cm³/mol. The topological polar surface area (TPSA) is 37.8 Å². The summed E-state index contributed by atoms with van der Waals surface area (Å²) in [6.45, 7) is 2.10. The van der Waals surface area contributed by atoms with Crippen LogP contribution < -0.4 is 5.32 Å². The van der Waals surface area contributed by atoms with Gasteiger partial charge in [0.15, 0.2) is 0 Å². The van der Waals surface area contributed by atoms with Crippen molar-refractivity contribution in [1.29, 1.82) is 0 Å². The highest BCUT2D eigenvalue weighted by atomic mass is 32.1. The van der Waals surface area contributed by atoms with Gasteiger partial charge in [-0.05, 0) is 24.6 Å². The third kappa shape index (κ3) is 2.69. The predicted octanol–water partition coefficient (Wildman–Crippen LogP) is 5.41. The maximum atomic E-state index is 4.46. The van der Waals surface area contributed by atoms with Crippen molar-refractivity contribution in [1.82, 2.24) is 9.97 Å². The van der Waals surface area contributed by atoms with Gasteiger partial charge in [-0.3, -0.25) is 0 Å². The lowest BCUT2D eigenvalue weighted by molar-refractivity contribution is 1.23. The highest BCUT2D eigenvalue weighted by Gasteiger charge is 2.13. The molecule has 0 saturated carbocycles. The van der Waals surface area contributed by atoms with E-state index in [9.17, 15) is 0 Å². The normalized spacial score (nSPS) is 10.8. The van der Waals surface area contributed by atoms with Crippen LogP contribution in [0, 0.1) is 6.92 Å². The lowest BCUT2D eigenvalue weighted by Crippen LogP contribution is -1.95. The van der Waals surface area contributed by atoms with Crippen LogP contribution in [0.25, 0.3) is 21.3 Å². The fourth-order valence-electron chi connectivity index (χ4n) is 2.57. The Morgan fingerprint density at radius 2 is 1.70 bits per heavy atom. The molecule has 2 aromatic carbocycles. The Labute approximate surface area is 138 Å². The Balaban J connectivity index is 1.85. The summed E-state index contributed by atoms with van der Waals surface area (Å²) in [5.41, 5.74) is 4.64. The largest absolute Gasteiger partial charge is 0.340 e. The molecule has 23 heavy (non-hydrogen) atoms. The second-order valence-electron chi connectivity index (χ2n) is 5.41. The van der Waals surface area contributed by atoms with E-state index in [1.807, 2.05) is 30.3 Å². The number of nitrogens with one attached hydrogen (secondary N) is 1. The number of anilines is 2. The van der Waals surface area contributed by atoms with E-state index in [0.29, 0.717) is 0 Å². The van der Waals surface area contributed by atoms with Crippen molar-refractivity contribution in [2.45, 2.75) is 6.92 Å². The molecule has 0 radical (unpaired) electrons. The number of rotatable bonds is 3. The first-order chi connectivity index (χ1) is 11.3. The van der Waals surface area contributed by atoms with E-state index >= 15 is 0 Å². The number of aryl methyl sites for hydroxylation is 1. The molecule has 0 aliphatic rings. The van der Waals surface area contributed by atoms with Gasteiger partial charge in [0.25, 0.3) is 0 Å². The fraction of sp³-hybridized carbons (Fsp3) is 0.0526. The standard InChI is InChI=1S/C19H15N3S/c1-13-7-9-14(10-8-13)16-11-23-19-17(16)18(20-12-21-19)22-15-5-3-2-4-6-15/h2-12H,1H3,(H,20,21,22). The zero-order valence-corrected chi connectivity index (χ0v) is 13.5. The van der Waals surface area contributed by atoms with Crippen LogP contribution in [-0.2, 0) is 0 Å². The summed E-state index contributed by atoms with van der Waals surface area (Å²) >= 11 is 1.65. The average molecular weight is 317 g/mol. The molecule has 0 unspecified atom stereocenters. The molecule has 0 amide bonds. The molecule has 0 aliphatic carbocycles. The summed E-state index contributed by atoms with van der Waals surface area (Å²) in [5, 5.41) is 6.64. The maximum absolute atomic E-state index is 4.46. The van der Waals surface area contributed by atoms with Crippen molar-refractivity contribution in [3.05, 3.63) is 71.9 Å². The van der Waals surface area contributed by atoms with Gasteiger partial charge < -0.3 is 5.32 Å². The summed E-state index contributed by atoms with van der Waals surface area (Å²) in [6, 6.07) is 18.7. The Morgan fingerprint density at radius 3 is 2.48 bits per heavy atom. The zero-order valence-electron chi connectivity index (χ0n) is 12.7. The van der Waals surface area contributed by atoms with Crippen molar-refractivity contribution >= 4 is 33.1 Å². The molecule has 2 aromatic heterocycles. The average Bonchev–Trinajstić information content (AvgIpc) is 3.02. The Hall–Kier alpha value is -2.72. The van der Waals surface area contributed by atoms with Crippen molar-refractivity contribution in [2.75, 3.05) is 5.32 Å². The van der Waals surface area contributed by atoms with Crippen LogP contribution in [0.5, 0.6) is 0 Å². The molecule has 4 heteroatoms. The molecule has 2 heterocycles. The maximum Gasteiger partial charge on any atom is 0.143 e. The van der Waals surface area contributed by atoms with Gasteiger partial charge >= 0.3 is 0 Å². The number of fused-ring (bicyclic) bond motifs is 1. The molecule has 1 N–H and O–H groups in total. The van der Waals surface area contributed by atoms with Crippen molar-refractivity contribution in [2.24, 2.45) is 0 Å². The molecule has 0 aliphatic heterocycles. The Bertz CT molecular complexity index is 943. The zero-order chi connectivity index (χ0) is 15.6. The van der Waals surface area contributed by atoms with E-state index in [-0.39, 0.29) is 0 Å². The minimum atomic E-state index is 0.845. The van der Waals surface area contributed by atoms with Crippen LogP contribution in [0.3, 0.4) is 0 Å². The summed E-state index contributed by atoms with van der Waals surface area (Å²) in [4.78, 5) is 9.87. The van der Waals surface area contributed by atoms with Crippen LogP contribution in [0.1, 0.15) is 5.56 Å². The van der Waals surface area contributed by atoms with E-state index in [2.05, 4.69) is 51.9 Å². The second-order valence-corrected chi connectivity index (χ2v) is 6.27. The van der Waals surface area contributed by atoms with Crippen molar-refractivity contribution in [3.8, 4) is 11.1 Å². The number of para-hydroxylation sites is 1. The van der Waals surface area contributed by atoms with Crippen molar-refractivity contribution < 1.29 is 0 Å². The quantitative estimate of drug-likeness (QED) is 0.549. The third-order valence-electron chi connectivity index (χ3n) is 3.77. The first-order valence-corrected chi connectivity index (χ1v) is 8.30. The summed E-state index contributed by atoms with van der Waals surface area (Å²) in [7, 11) is 0. The summed E-state index contributed by atoms with van der Waals surface area (Å²) < 4.78 is 0. The van der Waals surface area contributed by atoms with Gasteiger partial charge in [0.2, 0.25) is 0 Å². The lowest BCUT2D eigenvalue weighted by Gasteiger charge is -2.08. The molecule has 0 spiro atoms. The summed E-state index contributed by atoms with van der Waals surface area (Å²) in [6.07, 6.45) is 1.61. The van der Waals surface area contributed by atoms with E-state index in [4.69, 9.17) is 0 Å². The van der Waals surface area contributed by atoms with E-state index in [0.717, 1.165) is 21.7 Å². The molecule has 4 rings (SSSR count). The number of thiophene rings is 1. The lowest BCUT2D eigenvalue weighted by atomic mass is 10.0. The van der Waals surface area contributed by atoms with Gasteiger partial charge in [0, 0.05) is 16.6 Å². The highest BCUT2D eigenvalue weighted by Crippen LogP contribution is 2.37. The summed E-state index contributed by atoms with van der Waals surface area (Å²) in [5.74, 6) is 0.845. The number of hydrogen-bond acceptors (Lipinski definition) is 4. The molecule has 3 nitrogen and oxygen atoms in total. The van der Waals surface area contributed by atoms with Crippen LogP contribution in [0.2, 0.25) is 0 Å². The van der Waals surface area contributed by atoms with Gasteiger partial charge in [0.1, 0.15) is 17.0 Å². The fourth-order valence-corrected chi connectivity index (χ4v) is 3.49. The van der Waals surface area contributed by atoms with Gasteiger partial charge in [-0.2, -0.15) is 0 Å². The number of benzene rings is 2. The van der Waals surface area contributed by atoms with Crippen LogP contribution >= 0.6 is 11.3 Å². The van der Waals surface area contributed by atoms with E-state index in [1.54, 1.807) is 17.7 Å². The molecule has 0 saturated heterocycles. The van der Waals surface area contributed by atoms with Crippen LogP contribution in [-0.4, -0.2) is 9.97 Å². The first kappa shape index (κ1) is 13.9. The number of aromatic nitrogens is 2. The molecule has 0 fully saturated rings. The third-order valence-corrected chi connectivity index (χ3v) is 4.66. The van der Waals surface area contributed by atoms with Gasteiger partial charge in [0.05, 0.1) is 5.39 Å². The molecule has 112 valence electrons. The van der Waals surface area contributed by atoms with Crippen molar-refractivity contribution in [3.63, 3.8) is 0 Å². The van der Waals surface area contributed by atoms with E-state index < -0.39 is 0 Å². The number of hydrogen-bond donors (Lipinski definition) is 1.